The summed E-state index contributed by atoms with van der Waals surface area (Å²) in [4.78, 5) is 13.0. The Hall–Kier alpha value is -2.55. The molecule has 0 aromatic heterocycles. The Morgan fingerprint density at radius 3 is 2.33 bits per heavy atom. The molecule has 0 bridgehead atoms. The van der Waals surface area contributed by atoms with Crippen molar-refractivity contribution in [2.24, 2.45) is 5.92 Å². The van der Waals surface area contributed by atoms with Crippen LogP contribution >= 0.6 is 0 Å². The standard InChI is InChI=1S/C21H19F6NO2/c22-20(23,24)15-7-3-5-13(11-15)18(28-10-4-6-14(12-28)19(29)30)16-8-1-2-9-17(16)21(25,26)27/h1-3,5,7-9,11,14,18H,4,6,10,12H2,(H,29,30). The highest BCUT2D eigenvalue weighted by molar-refractivity contribution is 5.70. The van der Waals surface area contributed by atoms with Crippen LogP contribution in [0.25, 0.3) is 0 Å². The summed E-state index contributed by atoms with van der Waals surface area (Å²) in [6, 6.07) is 7.75. The van der Waals surface area contributed by atoms with Crippen LogP contribution in [-0.2, 0) is 17.1 Å². The van der Waals surface area contributed by atoms with E-state index in [1.54, 1.807) is 0 Å². The van der Waals surface area contributed by atoms with E-state index in [0.29, 0.717) is 12.8 Å². The van der Waals surface area contributed by atoms with Crippen LogP contribution in [0.2, 0.25) is 0 Å². The van der Waals surface area contributed by atoms with Crippen LogP contribution in [0.3, 0.4) is 0 Å². The van der Waals surface area contributed by atoms with E-state index in [2.05, 4.69) is 0 Å². The summed E-state index contributed by atoms with van der Waals surface area (Å²) in [6.07, 6.45) is -8.59. The van der Waals surface area contributed by atoms with Gasteiger partial charge in [-0.15, -0.1) is 0 Å². The number of piperidine rings is 1. The van der Waals surface area contributed by atoms with Crippen molar-refractivity contribution in [3.8, 4) is 0 Å². The molecule has 0 radical (unpaired) electrons. The van der Waals surface area contributed by atoms with Crippen molar-refractivity contribution in [1.82, 2.24) is 4.90 Å². The molecule has 0 spiro atoms. The van der Waals surface area contributed by atoms with Crippen molar-refractivity contribution in [3.05, 3.63) is 70.8 Å². The lowest BCUT2D eigenvalue weighted by molar-refractivity contribution is -0.144. The van der Waals surface area contributed by atoms with Crippen LogP contribution in [0, 0.1) is 5.92 Å². The number of benzene rings is 2. The van der Waals surface area contributed by atoms with Crippen molar-refractivity contribution in [3.63, 3.8) is 0 Å². The molecule has 162 valence electrons. The van der Waals surface area contributed by atoms with Gasteiger partial charge in [-0.25, -0.2) is 0 Å². The quantitative estimate of drug-likeness (QED) is 0.640. The maximum Gasteiger partial charge on any atom is 0.416 e. The summed E-state index contributed by atoms with van der Waals surface area (Å²) in [5.74, 6) is -1.88. The minimum absolute atomic E-state index is 0.0348. The Kier molecular flexibility index (Phi) is 6.12. The summed E-state index contributed by atoms with van der Waals surface area (Å²) in [5.41, 5.74) is -2.09. The van der Waals surface area contributed by atoms with Gasteiger partial charge in [0.1, 0.15) is 0 Å². The van der Waals surface area contributed by atoms with Gasteiger partial charge in [-0.1, -0.05) is 30.3 Å². The van der Waals surface area contributed by atoms with Crippen molar-refractivity contribution < 1.29 is 36.2 Å². The number of hydrogen-bond acceptors (Lipinski definition) is 2. The third-order valence-corrected chi connectivity index (χ3v) is 5.26. The fraction of sp³-hybridized carbons (Fsp3) is 0.381. The maximum absolute atomic E-state index is 13.7. The van der Waals surface area contributed by atoms with Crippen LogP contribution in [0.5, 0.6) is 0 Å². The number of carbonyl (C=O) groups is 1. The molecule has 30 heavy (non-hydrogen) atoms. The first-order valence-corrected chi connectivity index (χ1v) is 9.28. The molecule has 1 aliphatic heterocycles. The van der Waals surface area contributed by atoms with Gasteiger partial charge < -0.3 is 5.11 Å². The SMILES string of the molecule is O=C(O)C1CCCN(C(c2cccc(C(F)(F)F)c2)c2ccccc2C(F)(F)F)C1. The largest absolute Gasteiger partial charge is 0.481 e. The number of likely N-dealkylation sites (tertiary alicyclic amines) is 1. The second-order valence-corrected chi connectivity index (χ2v) is 7.28. The molecule has 1 fully saturated rings. The molecule has 2 aromatic carbocycles. The van der Waals surface area contributed by atoms with Gasteiger partial charge in [0.15, 0.2) is 0 Å². The Morgan fingerprint density at radius 2 is 1.70 bits per heavy atom. The molecule has 9 heteroatoms. The van der Waals surface area contributed by atoms with Gasteiger partial charge in [-0.3, -0.25) is 9.69 Å². The fourth-order valence-electron chi connectivity index (χ4n) is 3.91. The Morgan fingerprint density at radius 1 is 1.00 bits per heavy atom. The highest BCUT2D eigenvalue weighted by atomic mass is 19.4. The predicted molar refractivity (Wildman–Crippen MR) is 96.7 cm³/mol. The summed E-state index contributed by atoms with van der Waals surface area (Å²) >= 11 is 0. The van der Waals surface area contributed by atoms with E-state index in [0.717, 1.165) is 24.3 Å². The van der Waals surface area contributed by atoms with Crippen molar-refractivity contribution in [1.29, 1.82) is 0 Å². The summed E-state index contributed by atoms with van der Waals surface area (Å²) < 4.78 is 80.7. The number of carboxylic acid groups (broad SMARTS) is 1. The number of aliphatic carboxylic acids is 1. The van der Waals surface area contributed by atoms with Gasteiger partial charge in [-0.05, 0) is 48.7 Å². The molecule has 0 saturated carbocycles. The first-order valence-electron chi connectivity index (χ1n) is 9.28. The maximum atomic E-state index is 13.7. The van der Waals surface area contributed by atoms with E-state index < -0.39 is 41.4 Å². The molecule has 3 rings (SSSR count). The minimum atomic E-state index is -4.71. The second kappa shape index (κ2) is 8.29. The van der Waals surface area contributed by atoms with E-state index in [1.807, 2.05) is 0 Å². The van der Waals surface area contributed by atoms with Crippen molar-refractivity contribution in [2.45, 2.75) is 31.2 Å². The molecule has 3 nitrogen and oxygen atoms in total. The van der Waals surface area contributed by atoms with Crippen LogP contribution in [0.4, 0.5) is 26.3 Å². The van der Waals surface area contributed by atoms with Gasteiger partial charge in [0.25, 0.3) is 0 Å². The van der Waals surface area contributed by atoms with Gasteiger partial charge in [-0.2, -0.15) is 26.3 Å². The van der Waals surface area contributed by atoms with E-state index in [9.17, 15) is 36.2 Å². The van der Waals surface area contributed by atoms with Crippen LogP contribution in [0.1, 0.15) is 41.1 Å². The Balaban J connectivity index is 2.15. The van der Waals surface area contributed by atoms with Crippen LogP contribution in [0.15, 0.2) is 48.5 Å². The Labute approximate surface area is 168 Å². The normalized spacial score (nSPS) is 19.5. The first kappa shape index (κ1) is 22.1. The van der Waals surface area contributed by atoms with Crippen molar-refractivity contribution >= 4 is 5.97 Å². The molecule has 1 aliphatic rings. The van der Waals surface area contributed by atoms with Crippen molar-refractivity contribution in [2.75, 3.05) is 13.1 Å². The highest BCUT2D eigenvalue weighted by Gasteiger charge is 2.39. The Bertz CT molecular complexity index is 909. The first-order chi connectivity index (χ1) is 14.0. The molecule has 2 atom stereocenters. The molecule has 1 heterocycles. The number of halogens is 6. The zero-order chi connectivity index (χ0) is 22.1. The molecule has 1 saturated heterocycles. The lowest BCUT2D eigenvalue weighted by Crippen LogP contribution is -2.41. The predicted octanol–water partition coefficient (Wildman–Crippen LogP) is 5.61. The average molecular weight is 431 g/mol. The minimum Gasteiger partial charge on any atom is -0.481 e. The van der Waals surface area contributed by atoms with E-state index >= 15 is 0 Å². The molecule has 1 N–H and O–H groups in total. The molecule has 0 aliphatic carbocycles. The molecule has 2 aromatic rings. The van der Waals surface area contributed by atoms with Gasteiger partial charge in [0.2, 0.25) is 0 Å². The lowest BCUT2D eigenvalue weighted by Gasteiger charge is -2.38. The monoisotopic (exact) mass is 431 g/mol. The van der Waals surface area contributed by atoms with Crippen LogP contribution < -0.4 is 0 Å². The van der Waals surface area contributed by atoms with Crippen LogP contribution in [-0.4, -0.2) is 29.1 Å². The third kappa shape index (κ3) is 4.77. The molecular weight excluding hydrogens is 412 g/mol. The van der Waals surface area contributed by atoms with E-state index in [-0.39, 0.29) is 24.2 Å². The number of hydrogen-bond donors (Lipinski definition) is 1. The average Bonchev–Trinajstić information content (AvgIpc) is 2.68. The topological polar surface area (TPSA) is 40.5 Å². The van der Waals surface area contributed by atoms with Gasteiger partial charge in [0, 0.05) is 6.54 Å². The second-order valence-electron chi connectivity index (χ2n) is 7.28. The summed E-state index contributed by atoms with van der Waals surface area (Å²) in [6.45, 7) is 0.222. The van der Waals surface area contributed by atoms with Gasteiger partial charge >= 0.3 is 18.3 Å². The molecule has 0 amide bonds. The van der Waals surface area contributed by atoms with E-state index in [4.69, 9.17) is 0 Å². The smallest absolute Gasteiger partial charge is 0.416 e. The van der Waals surface area contributed by atoms with E-state index in [1.165, 1.54) is 29.2 Å². The lowest BCUT2D eigenvalue weighted by atomic mass is 9.88. The zero-order valence-corrected chi connectivity index (χ0v) is 15.7. The number of carboxylic acids is 1. The zero-order valence-electron chi connectivity index (χ0n) is 15.7. The fourth-order valence-corrected chi connectivity index (χ4v) is 3.91. The summed E-state index contributed by atoms with van der Waals surface area (Å²) in [7, 11) is 0. The van der Waals surface area contributed by atoms with Gasteiger partial charge in [0.05, 0.1) is 23.1 Å². The summed E-state index contributed by atoms with van der Waals surface area (Å²) in [5, 5.41) is 9.36. The number of alkyl halides is 6. The number of rotatable bonds is 4. The highest BCUT2D eigenvalue weighted by Crippen LogP contribution is 2.41. The molecular formula is C21H19F6NO2. The molecule has 2 unspecified atom stereocenters. The third-order valence-electron chi connectivity index (χ3n) is 5.26. The number of nitrogens with zero attached hydrogens (tertiary/aromatic N) is 1.